The van der Waals surface area contributed by atoms with Gasteiger partial charge in [0.25, 0.3) is 0 Å². The Morgan fingerprint density at radius 1 is 1.23 bits per heavy atom. The molecule has 26 heavy (non-hydrogen) atoms. The molecule has 1 aliphatic heterocycles. The van der Waals surface area contributed by atoms with Gasteiger partial charge in [0, 0.05) is 36.3 Å². The molecule has 1 aromatic carbocycles. The lowest BCUT2D eigenvalue weighted by atomic mass is 9.94. The van der Waals surface area contributed by atoms with E-state index < -0.39 is 5.79 Å². The van der Waals surface area contributed by atoms with E-state index >= 15 is 0 Å². The van der Waals surface area contributed by atoms with E-state index in [1.165, 1.54) is 6.42 Å². The molecule has 1 saturated carbocycles. The molecule has 1 saturated heterocycles. The number of carbonyl (C=O) groups excluding carboxylic acids is 1. The summed E-state index contributed by atoms with van der Waals surface area (Å²) in [6.45, 7) is 2.42. The lowest BCUT2D eigenvalue weighted by Gasteiger charge is -2.32. The average Bonchev–Trinajstić information content (AvgIpc) is 2.98. The minimum atomic E-state index is -0.501. The van der Waals surface area contributed by atoms with E-state index in [0.717, 1.165) is 44.1 Å². The van der Waals surface area contributed by atoms with E-state index in [1.54, 1.807) is 0 Å². The molecule has 1 aromatic rings. The van der Waals surface area contributed by atoms with Crippen LogP contribution in [0.3, 0.4) is 0 Å². The van der Waals surface area contributed by atoms with Crippen LogP contribution in [0.4, 0.5) is 0 Å². The molecule has 2 unspecified atom stereocenters. The Kier molecular flexibility index (Phi) is 6.96. The van der Waals surface area contributed by atoms with Crippen LogP contribution in [0, 0.1) is 0 Å². The molecule has 0 N–H and O–H groups in total. The quantitative estimate of drug-likeness (QED) is 0.579. The van der Waals surface area contributed by atoms with Crippen LogP contribution in [-0.4, -0.2) is 24.5 Å². The largest absolute Gasteiger partial charge is 0.466 e. The zero-order chi connectivity index (χ0) is 18.4. The van der Waals surface area contributed by atoms with Gasteiger partial charge in [0.1, 0.15) is 6.10 Å². The second-order valence-electron chi connectivity index (χ2n) is 7.30. The summed E-state index contributed by atoms with van der Waals surface area (Å²) in [5.41, 5.74) is 0.957. The fourth-order valence-electron chi connectivity index (χ4n) is 3.86. The zero-order valence-electron chi connectivity index (χ0n) is 15.5. The Labute approximate surface area is 161 Å². The summed E-state index contributed by atoms with van der Waals surface area (Å²) in [6.07, 6.45) is 7.90. The number of esters is 1. The molecule has 0 radical (unpaired) electrons. The van der Waals surface area contributed by atoms with Gasteiger partial charge >= 0.3 is 5.97 Å². The fourth-order valence-corrected chi connectivity index (χ4v) is 4.10. The minimum Gasteiger partial charge on any atom is -0.466 e. The van der Waals surface area contributed by atoms with Gasteiger partial charge in [0.05, 0.1) is 12.7 Å². The first kappa shape index (κ1) is 19.7. The highest BCUT2D eigenvalue weighted by Crippen LogP contribution is 2.48. The van der Waals surface area contributed by atoms with Gasteiger partial charge in [-0.3, -0.25) is 4.79 Å². The number of halogens is 1. The number of rotatable bonds is 7. The van der Waals surface area contributed by atoms with Gasteiger partial charge < -0.3 is 14.2 Å². The van der Waals surface area contributed by atoms with Crippen molar-refractivity contribution in [3.63, 3.8) is 0 Å². The maximum absolute atomic E-state index is 11.8. The van der Waals surface area contributed by atoms with E-state index in [4.69, 9.17) is 25.8 Å². The third-order valence-corrected chi connectivity index (χ3v) is 5.62. The number of benzene rings is 1. The maximum atomic E-state index is 11.8. The molecule has 144 valence electrons. The van der Waals surface area contributed by atoms with Crippen LogP contribution in [0.15, 0.2) is 24.3 Å². The molecule has 4 nitrogen and oxygen atoms in total. The second kappa shape index (κ2) is 9.20. The molecular weight excluding hydrogens is 352 g/mol. The zero-order valence-corrected chi connectivity index (χ0v) is 16.3. The summed E-state index contributed by atoms with van der Waals surface area (Å²) < 4.78 is 18.2. The first-order valence-electron chi connectivity index (χ1n) is 9.89. The number of unbranched alkanes of at least 4 members (excludes halogenated alkanes) is 1. The molecular formula is C21H29ClO4. The van der Waals surface area contributed by atoms with E-state index in [2.05, 4.69) is 6.92 Å². The van der Waals surface area contributed by atoms with Gasteiger partial charge in [-0.15, -0.1) is 0 Å². The predicted octanol–water partition coefficient (Wildman–Crippen LogP) is 5.58. The Bertz CT molecular complexity index is 597. The molecule has 3 rings (SSSR count). The van der Waals surface area contributed by atoms with Gasteiger partial charge in [0.15, 0.2) is 5.79 Å². The van der Waals surface area contributed by atoms with E-state index in [-0.39, 0.29) is 18.2 Å². The Morgan fingerprint density at radius 3 is 2.73 bits per heavy atom. The van der Waals surface area contributed by atoms with Crippen molar-refractivity contribution >= 4 is 17.6 Å². The van der Waals surface area contributed by atoms with Crippen molar-refractivity contribution in [2.24, 2.45) is 0 Å². The molecule has 1 spiro atoms. The fraction of sp³-hybridized carbons (Fsp3) is 0.667. The molecule has 0 aromatic heterocycles. The first-order chi connectivity index (χ1) is 12.6. The summed E-state index contributed by atoms with van der Waals surface area (Å²) in [6, 6.07) is 7.77. The lowest BCUT2D eigenvalue weighted by molar-refractivity contribution is -0.195. The summed E-state index contributed by atoms with van der Waals surface area (Å²) in [7, 11) is 0. The highest BCUT2D eigenvalue weighted by molar-refractivity contribution is 6.31. The topological polar surface area (TPSA) is 44.8 Å². The highest BCUT2D eigenvalue weighted by Gasteiger charge is 2.48. The molecule has 1 aliphatic carbocycles. The number of carbonyl (C=O) groups is 1. The first-order valence-corrected chi connectivity index (χ1v) is 10.3. The molecule has 2 fully saturated rings. The standard InChI is InChI=1S/C21H29ClO4/c1-2-3-11-19(23)24-15-12-18-20(16-9-5-6-10-17(16)22)26-21(25-18)13-7-4-8-14-21/h5-6,9-10,18,20H,2-4,7-8,11-15H2,1H3. The lowest BCUT2D eigenvalue weighted by Crippen LogP contribution is -2.33. The summed E-state index contributed by atoms with van der Waals surface area (Å²) in [5, 5.41) is 0.693. The summed E-state index contributed by atoms with van der Waals surface area (Å²) in [4.78, 5) is 11.8. The van der Waals surface area contributed by atoms with E-state index in [1.807, 2.05) is 24.3 Å². The van der Waals surface area contributed by atoms with Crippen molar-refractivity contribution in [2.75, 3.05) is 6.61 Å². The van der Waals surface area contributed by atoms with Crippen molar-refractivity contribution in [3.8, 4) is 0 Å². The smallest absolute Gasteiger partial charge is 0.305 e. The van der Waals surface area contributed by atoms with Crippen molar-refractivity contribution in [2.45, 2.75) is 82.7 Å². The summed E-state index contributed by atoms with van der Waals surface area (Å²) in [5.74, 6) is -0.633. The molecule has 0 amide bonds. The number of ether oxygens (including phenoxy) is 3. The molecule has 5 heteroatoms. The molecule has 1 heterocycles. The third kappa shape index (κ3) is 4.79. The van der Waals surface area contributed by atoms with Crippen molar-refractivity contribution in [3.05, 3.63) is 34.9 Å². The van der Waals surface area contributed by atoms with Gasteiger partial charge in [-0.1, -0.05) is 49.6 Å². The third-order valence-electron chi connectivity index (χ3n) is 5.27. The van der Waals surface area contributed by atoms with Crippen LogP contribution in [0.25, 0.3) is 0 Å². The van der Waals surface area contributed by atoms with Crippen LogP contribution in [0.5, 0.6) is 0 Å². The second-order valence-corrected chi connectivity index (χ2v) is 7.71. The monoisotopic (exact) mass is 380 g/mol. The van der Waals surface area contributed by atoms with Gasteiger partial charge in [-0.2, -0.15) is 0 Å². The van der Waals surface area contributed by atoms with Crippen molar-refractivity contribution < 1.29 is 19.0 Å². The molecule has 0 bridgehead atoms. The van der Waals surface area contributed by atoms with E-state index in [0.29, 0.717) is 24.5 Å². The number of hydrogen-bond donors (Lipinski definition) is 0. The van der Waals surface area contributed by atoms with Gasteiger partial charge in [-0.05, 0) is 25.3 Å². The van der Waals surface area contributed by atoms with Gasteiger partial charge in [-0.25, -0.2) is 0 Å². The summed E-state index contributed by atoms with van der Waals surface area (Å²) >= 11 is 6.42. The molecule has 2 atom stereocenters. The SMILES string of the molecule is CCCCC(=O)OCCC1OC2(CCCCC2)OC1c1ccccc1Cl. The van der Waals surface area contributed by atoms with Crippen LogP contribution >= 0.6 is 11.6 Å². The Hall–Kier alpha value is -1.10. The van der Waals surface area contributed by atoms with Crippen molar-refractivity contribution in [1.82, 2.24) is 0 Å². The van der Waals surface area contributed by atoms with E-state index in [9.17, 15) is 4.79 Å². The van der Waals surface area contributed by atoms with Crippen molar-refractivity contribution in [1.29, 1.82) is 0 Å². The van der Waals surface area contributed by atoms with Crippen LogP contribution in [0.2, 0.25) is 5.02 Å². The van der Waals surface area contributed by atoms with Crippen LogP contribution < -0.4 is 0 Å². The van der Waals surface area contributed by atoms with Crippen LogP contribution in [0.1, 0.15) is 76.4 Å². The van der Waals surface area contributed by atoms with Gasteiger partial charge in [0.2, 0.25) is 0 Å². The predicted molar refractivity (Wildman–Crippen MR) is 101 cm³/mol. The Balaban J connectivity index is 1.66. The average molecular weight is 381 g/mol. The minimum absolute atomic E-state index is 0.132. The normalized spacial score (nSPS) is 24.7. The highest BCUT2D eigenvalue weighted by atomic mass is 35.5. The Morgan fingerprint density at radius 2 is 2.00 bits per heavy atom. The molecule has 2 aliphatic rings. The number of hydrogen-bond acceptors (Lipinski definition) is 4. The van der Waals surface area contributed by atoms with Crippen LogP contribution in [-0.2, 0) is 19.0 Å². The maximum Gasteiger partial charge on any atom is 0.305 e.